The van der Waals surface area contributed by atoms with E-state index in [9.17, 15) is 18.0 Å². The van der Waals surface area contributed by atoms with Gasteiger partial charge in [-0.15, -0.1) is 0 Å². The molecule has 1 unspecified atom stereocenters. The molecule has 0 saturated carbocycles. The topological polar surface area (TPSA) is 120 Å². The molecule has 1 heterocycles. The number of amides is 2. The number of anilines is 1. The molecule has 0 bridgehead atoms. The number of halogens is 1. The van der Waals surface area contributed by atoms with E-state index in [1.165, 1.54) is 57.7 Å². The van der Waals surface area contributed by atoms with Crippen LogP contribution >= 0.6 is 11.6 Å². The highest BCUT2D eigenvalue weighted by atomic mass is 35.5. The van der Waals surface area contributed by atoms with E-state index in [-0.39, 0.29) is 44.0 Å². The minimum absolute atomic E-state index is 0.0341. The van der Waals surface area contributed by atoms with Gasteiger partial charge in [0.25, 0.3) is 15.9 Å². The zero-order valence-electron chi connectivity index (χ0n) is 22.7. The Hall–Kier alpha value is -4.74. The van der Waals surface area contributed by atoms with Gasteiger partial charge < -0.3 is 18.9 Å². The molecule has 0 radical (unpaired) electrons. The normalized spacial score (nSPS) is 16.0. The summed E-state index contributed by atoms with van der Waals surface area (Å²) in [5.41, 5.74) is -1.92. The molecule has 42 heavy (non-hydrogen) atoms. The summed E-state index contributed by atoms with van der Waals surface area (Å²) in [7, 11) is -0.531. The highest BCUT2D eigenvalue weighted by Gasteiger charge is 2.59. The minimum atomic E-state index is -4.65. The number of methoxy groups -OCH3 is 3. The summed E-state index contributed by atoms with van der Waals surface area (Å²) in [6.07, 6.45) is -1.02. The van der Waals surface area contributed by atoms with Gasteiger partial charge in [-0.3, -0.25) is 10.1 Å². The van der Waals surface area contributed by atoms with E-state index in [1.54, 1.807) is 54.6 Å². The molecule has 12 heteroatoms. The van der Waals surface area contributed by atoms with Crippen molar-refractivity contribution in [3.63, 3.8) is 0 Å². The van der Waals surface area contributed by atoms with Gasteiger partial charge in [0.15, 0.2) is 5.54 Å². The first-order chi connectivity index (χ1) is 20.2. The van der Waals surface area contributed by atoms with Crippen LogP contribution in [0.25, 0.3) is 0 Å². The number of carbonyl (C=O) groups is 2. The fourth-order valence-corrected chi connectivity index (χ4v) is 6.64. The Balaban J connectivity index is 1.75. The van der Waals surface area contributed by atoms with Crippen molar-refractivity contribution in [2.75, 3.05) is 25.6 Å². The molecule has 1 atom stereocenters. The number of hydrogen-bond acceptors (Lipinski definition) is 8. The summed E-state index contributed by atoms with van der Waals surface area (Å²) in [5.74, 6) is -0.317. The molecule has 10 nitrogen and oxygen atoms in total. The highest BCUT2D eigenvalue weighted by molar-refractivity contribution is 7.93. The molecule has 0 fully saturated rings. The lowest BCUT2D eigenvalue weighted by Crippen LogP contribution is -2.55. The number of nitrogens with one attached hydrogen (secondary N) is 1. The summed E-state index contributed by atoms with van der Waals surface area (Å²) in [5, 5.41) is 2.85. The van der Waals surface area contributed by atoms with Crippen molar-refractivity contribution >= 4 is 39.3 Å². The lowest BCUT2D eigenvalue weighted by atomic mass is 9.83. The zero-order chi connectivity index (χ0) is 30.1. The van der Waals surface area contributed by atoms with Gasteiger partial charge >= 0.3 is 6.09 Å². The summed E-state index contributed by atoms with van der Waals surface area (Å²) in [4.78, 5) is 27.8. The third kappa shape index (κ3) is 4.76. The summed E-state index contributed by atoms with van der Waals surface area (Å²) in [6.45, 7) is 0. The van der Waals surface area contributed by atoms with E-state index in [0.717, 1.165) is 0 Å². The van der Waals surface area contributed by atoms with Gasteiger partial charge in [-0.2, -0.15) is 4.31 Å². The average molecular weight is 609 g/mol. The van der Waals surface area contributed by atoms with Gasteiger partial charge in [0.1, 0.15) is 27.9 Å². The molecule has 4 aromatic carbocycles. The number of fused-ring (bicyclic) bond motifs is 1. The maximum atomic E-state index is 14.7. The van der Waals surface area contributed by atoms with E-state index in [1.807, 2.05) is 0 Å². The first kappa shape index (κ1) is 28.8. The predicted molar refractivity (Wildman–Crippen MR) is 155 cm³/mol. The van der Waals surface area contributed by atoms with Crippen LogP contribution in [0.3, 0.4) is 0 Å². The maximum absolute atomic E-state index is 14.7. The quantitative estimate of drug-likeness (QED) is 0.292. The Kier molecular flexibility index (Phi) is 7.72. The second-order valence-electron chi connectivity index (χ2n) is 9.03. The molecule has 0 aliphatic carbocycles. The first-order valence-electron chi connectivity index (χ1n) is 12.5. The van der Waals surface area contributed by atoms with E-state index in [4.69, 9.17) is 30.5 Å². The third-order valence-electron chi connectivity index (χ3n) is 6.73. The molecule has 216 valence electrons. The molecule has 2 amide bonds. The Morgan fingerprint density at radius 3 is 2.17 bits per heavy atom. The van der Waals surface area contributed by atoms with Crippen LogP contribution < -0.4 is 28.6 Å². The van der Waals surface area contributed by atoms with E-state index < -0.39 is 27.6 Å². The molecule has 1 N–H and O–H groups in total. The van der Waals surface area contributed by atoms with Crippen molar-refractivity contribution in [2.45, 2.75) is 10.4 Å². The van der Waals surface area contributed by atoms with Gasteiger partial charge in [-0.25, -0.2) is 13.2 Å². The monoisotopic (exact) mass is 608 g/mol. The molecule has 1 aliphatic rings. The predicted octanol–water partition coefficient (Wildman–Crippen LogP) is 5.13. The highest BCUT2D eigenvalue weighted by Crippen LogP contribution is 2.50. The van der Waals surface area contributed by atoms with Crippen molar-refractivity contribution < 1.29 is 37.0 Å². The second kappa shape index (κ2) is 11.3. The zero-order valence-corrected chi connectivity index (χ0v) is 24.2. The summed E-state index contributed by atoms with van der Waals surface area (Å²) < 4.78 is 50.8. The fraction of sp³-hybridized carbons (Fsp3) is 0.133. The summed E-state index contributed by atoms with van der Waals surface area (Å²) in [6, 6.07) is 23.0. The maximum Gasteiger partial charge on any atom is 0.414 e. The molecule has 0 spiro atoms. The Morgan fingerprint density at radius 2 is 1.48 bits per heavy atom. The van der Waals surface area contributed by atoms with Crippen molar-refractivity contribution in [3.05, 3.63) is 107 Å². The first-order valence-corrected chi connectivity index (χ1v) is 14.3. The lowest BCUT2D eigenvalue weighted by molar-refractivity contribution is -0.121. The lowest BCUT2D eigenvalue weighted by Gasteiger charge is -2.31. The molecular weight excluding hydrogens is 584 g/mol. The van der Waals surface area contributed by atoms with Crippen LogP contribution in [0.2, 0.25) is 5.02 Å². The fourth-order valence-electron chi connectivity index (χ4n) is 4.86. The van der Waals surface area contributed by atoms with E-state index >= 15 is 0 Å². The molecular formula is C30H25ClN2O8S. The van der Waals surface area contributed by atoms with Gasteiger partial charge in [0, 0.05) is 22.2 Å². The Bertz CT molecular complexity index is 1780. The van der Waals surface area contributed by atoms with Gasteiger partial charge in [0.05, 0.1) is 27.0 Å². The molecule has 4 aromatic rings. The number of ether oxygens (including phenoxy) is 4. The van der Waals surface area contributed by atoms with Crippen molar-refractivity contribution in [2.24, 2.45) is 0 Å². The second-order valence-corrected chi connectivity index (χ2v) is 11.2. The van der Waals surface area contributed by atoms with Crippen LogP contribution in [0.15, 0.2) is 95.9 Å². The standard InChI is InChI=1S/C30H25ClN2O8S/c1-38-21-14-16-27(26(18-21)40-3)42(36,37)33-24-15-13-19(31)17-23(24)30(28(33)34,22-11-7-8-12-25(22)39-2)32-29(35)41-20-9-5-4-6-10-20/h4-18H,1-3H3,(H,32,35). The number of carbonyl (C=O) groups excluding carboxylic acids is 2. The van der Waals surface area contributed by atoms with Crippen LogP contribution in [-0.4, -0.2) is 41.7 Å². The van der Waals surface area contributed by atoms with Gasteiger partial charge in [-0.1, -0.05) is 48.0 Å². The van der Waals surface area contributed by atoms with E-state index in [0.29, 0.717) is 10.1 Å². The third-order valence-corrected chi connectivity index (χ3v) is 8.70. The smallest absolute Gasteiger partial charge is 0.414 e. The molecule has 0 saturated heterocycles. The van der Waals surface area contributed by atoms with Crippen molar-refractivity contribution in [1.29, 1.82) is 0 Å². The number of rotatable bonds is 8. The van der Waals surface area contributed by atoms with Crippen LogP contribution in [-0.2, 0) is 20.4 Å². The Labute approximate surface area is 247 Å². The van der Waals surface area contributed by atoms with Crippen LogP contribution in [0.4, 0.5) is 10.5 Å². The Morgan fingerprint density at radius 1 is 0.786 bits per heavy atom. The van der Waals surface area contributed by atoms with E-state index in [2.05, 4.69) is 5.32 Å². The molecule has 0 aromatic heterocycles. The number of benzene rings is 4. The molecule has 5 rings (SSSR count). The molecule has 1 aliphatic heterocycles. The van der Waals surface area contributed by atoms with Gasteiger partial charge in [0.2, 0.25) is 0 Å². The van der Waals surface area contributed by atoms with Crippen molar-refractivity contribution in [3.8, 4) is 23.0 Å². The number of sulfonamides is 1. The number of para-hydroxylation sites is 2. The largest absolute Gasteiger partial charge is 0.497 e. The number of nitrogens with zero attached hydrogens (tertiary/aromatic N) is 1. The van der Waals surface area contributed by atoms with Crippen LogP contribution in [0.1, 0.15) is 11.1 Å². The van der Waals surface area contributed by atoms with Crippen LogP contribution in [0.5, 0.6) is 23.0 Å². The SMILES string of the molecule is COc1ccc(S(=O)(=O)N2C(=O)C(NC(=O)Oc3ccccc3)(c3ccccc3OC)c3cc(Cl)ccc32)c(OC)c1. The number of hydrogen-bond donors (Lipinski definition) is 1. The summed E-state index contributed by atoms with van der Waals surface area (Å²) >= 11 is 6.40. The van der Waals surface area contributed by atoms with Crippen molar-refractivity contribution in [1.82, 2.24) is 5.32 Å². The average Bonchev–Trinajstić information content (AvgIpc) is 3.24. The van der Waals surface area contributed by atoms with Gasteiger partial charge in [-0.05, 0) is 48.5 Å². The minimum Gasteiger partial charge on any atom is -0.497 e. The van der Waals surface area contributed by atoms with Crippen LogP contribution in [0, 0.1) is 0 Å².